The van der Waals surface area contributed by atoms with E-state index in [1.54, 1.807) is 24.3 Å². The molecule has 5 heteroatoms. The molecule has 20 heavy (non-hydrogen) atoms. The second kappa shape index (κ2) is 5.54. The lowest BCUT2D eigenvalue weighted by Gasteiger charge is -2.16. The summed E-state index contributed by atoms with van der Waals surface area (Å²) in [4.78, 5) is 0. The molecule has 0 heterocycles. The predicted octanol–water partition coefficient (Wildman–Crippen LogP) is 3.80. The van der Waals surface area contributed by atoms with Crippen LogP contribution in [0, 0.1) is 0 Å². The fourth-order valence-electron chi connectivity index (χ4n) is 1.96. The van der Waals surface area contributed by atoms with Crippen molar-refractivity contribution >= 4 is 0 Å². The number of halogens is 3. The molecular formula is C15H13F3O2. The zero-order valence-corrected chi connectivity index (χ0v) is 10.7. The molecule has 106 valence electrons. The van der Waals surface area contributed by atoms with Gasteiger partial charge in [0.15, 0.2) is 0 Å². The summed E-state index contributed by atoms with van der Waals surface area (Å²) in [5.41, 5.74) is -0.192. The average molecular weight is 282 g/mol. The Morgan fingerprint density at radius 3 is 2.40 bits per heavy atom. The molecule has 0 aliphatic rings. The van der Waals surface area contributed by atoms with Crippen LogP contribution >= 0.6 is 0 Å². The molecule has 1 unspecified atom stereocenters. The van der Waals surface area contributed by atoms with Crippen LogP contribution in [-0.4, -0.2) is 12.2 Å². The molecule has 0 saturated carbocycles. The van der Waals surface area contributed by atoms with E-state index in [2.05, 4.69) is 0 Å². The number of alkyl halides is 3. The quantitative estimate of drug-likeness (QED) is 0.928. The van der Waals surface area contributed by atoms with Crippen molar-refractivity contribution in [2.45, 2.75) is 12.3 Å². The zero-order chi connectivity index (χ0) is 14.8. The normalized spacial score (nSPS) is 13.1. The fraction of sp³-hybridized carbons (Fsp3) is 0.200. The first-order valence-electron chi connectivity index (χ1n) is 5.91. The molecule has 0 fully saturated rings. The third-order valence-corrected chi connectivity index (χ3v) is 2.96. The first-order chi connectivity index (χ1) is 9.43. The Hall–Kier alpha value is -2.01. The van der Waals surface area contributed by atoms with E-state index in [4.69, 9.17) is 4.74 Å². The lowest BCUT2D eigenvalue weighted by atomic mass is 9.99. The van der Waals surface area contributed by atoms with Crippen molar-refractivity contribution in [3.63, 3.8) is 0 Å². The van der Waals surface area contributed by atoms with Crippen molar-refractivity contribution in [1.82, 2.24) is 0 Å². The van der Waals surface area contributed by atoms with Gasteiger partial charge in [-0.25, -0.2) is 0 Å². The number of aliphatic hydroxyl groups is 1. The molecule has 1 atom stereocenters. The van der Waals surface area contributed by atoms with Crippen molar-refractivity contribution in [2.75, 3.05) is 7.11 Å². The molecule has 0 aliphatic heterocycles. The third-order valence-electron chi connectivity index (χ3n) is 2.96. The average Bonchev–Trinajstić information content (AvgIpc) is 2.45. The molecule has 0 saturated heterocycles. The Morgan fingerprint density at radius 2 is 1.75 bits per heavy atom. The Labute approximate surface area is 114 Å². The van der Waals surface area contributed by atoms with Crippen LogP contribution in [-0.2, 0) is 6.18 Å². The van der Waals surface area contributed by atoms with Gasteiger partial charge in [0.05, 0.1) is 12.7 Å². The highest BCUT2D eigenvalue weighted by atomic mass is 19.4. The minimum absolute atomic E-state index is 0.171. The third kappa shape index (κ3) is 2.93. The lowest BCUT2D eigenvalue weighted by molar-refractivity contribution is -0.137. The molecule has 1 N–H and O–H groups in total. The minimum atomic E-state index is -4.43. The molecule has 2 aromatic carbocycles. The van der Waals surface area contributed by atoms with Crippen LogP contribution in [0.3, 0.4) is 0 Å². The van der Waals surface area contributed by atoms with Gasteiger partial charge in [-0.05, 0) is 23.8 Å². The van der Waals surface area contributed by atoms with Crippen molar-refractivity contribution < 1.29 is 23.0 Å². The molecule has 2 rings (SSSR count). The van der Waals surface area contributed by atoms with Crippen LogP contribution in [0.2, 0.25) is 0 Å². The molecule has 0 bridgehead atoms. The van der Waals surface area contributed by atoms with Gasteiger partial charge in [-0.2, -0.15) is 13.2 Å². The smallest absolute Gasteiger partial charge is 0.416 e. The summed E-state index contributed by atoms with van der Waals surface area (Å²) < 4.78 is 43.1. The van der Waals surface area contributed by atoms with Crippen molar-refractivity contribution in [3.05, 3.63) is 65.2 Å². The van der Waals surface area contributed by atoms with E-state index in [0.717, 1.165) is 12.1 Å². The monoisotopic (exact) mass is 282 g/mol. The number of methoxy groups -OCH3 is 1. The Kier molecular flexibility index (Phi) is 3.99. The number of rotatable bonds is 3. The lowest BCUT2D eigenvalue weighted by Crippen LogP contribution is -2.08. The Morgan fingerprint density at radius 1 is 1.05 bits per heavy atom. The Balaban J connectivity index is 2.41. The van der Waals surface area contributed by atoms with Gasteiger partial charge in [-0.3, -0.25) is 0 Å². The van der Waals surface area contributed by atoms with E-state index in [9.17, 15) is 18.3 Å². The molecule has 0 aliphatic carbocycles. The summed E-state index contributed by atoms with van der Waals surface area (Å²) in [5, 5.41) is 10.2. The Bertz CT molecular complexity index is 594. The van der Waals surface area contributed by atoms with E-state index in [1.807, 2.05) is 0 Å². The molecule has 2 nitrogen and oxygen atoms in total. The van der Waals surface area contributed by atoms with Gasteiger partial charge in [0.25, 0.3) is 0 Å². The highest BCUT2D eigenvalue weighted by Crippen LogP contribution is 2.34. The standard InChI is InChI=1S/C15H13F3O2/c1-20-13-8-3-2-7-12(13)14(19)10-5-4-6-11(9-10)15(16,17)18/h2-9,14,19H,1H3. The zero-order valence-electron chi connectivity index (χ0n) is 10.7. The molecular weight excluding hydrogens is 269 g/mol. The maximum absolute atomic E-state index is 12.7. The molecule has 0 aromatic heterocycles. The number of hydrogen-bond donors (Lipinski definition) is 1. The van der Waals surface area contributed by atoms with E-state index in [0.29, 0.717) is 11.3 Å². The first kappa shape index (κ1) is 14.4. The van der Waals surface area contributed by atoms with Gasteiger partial charge in [0, 0.05) is 5.56 Å². The van der Waals surface area contributed by atoms with Crippen molar-refractivity contribution in [2.24, 2.45) is 0 Å². The summed E-state index contributed by atoms with van der Waals surface area (Å²) in [6.07, 6.45) is -5.61. The van der Waals surface area contributed by atoms with Crippen LogP contribution < -0.4 is 4.74 Å². The van der Waals surface area contributed by atoms with Gasteiger partial charge in [-0.1, -0.05) is 30.3 Å². The van der Waals surface area contributed by atoms with Crippen LogP contribution in [0.25, 0.3) is 0 Å². The number of hydrogen-bond acceptors (Lipinski definition) is 2. The maximum atomic E-state index is 12.7. The highest BCUT2D eigenvalue weighted by Gasteiger charge is 2.31. The van der Waals surface area contributed by atoms with E-state index in [-0.39, 0.29) is 5.56 Å². The van der Waals surface area contributed by atoms with Gasteiger partial charge >= 0.3 is 6.18 Å². The summed E-state index contributed by atoms with van der Waals surface area (Å²) >= 11 is 0. The van der Waals surface area contributed by atoms with Gasteiger partial charge in [0.1, 0.15) is 11.9 Å². The number of ether oxygens (including phenoxy) is 1. The highest BCUT2D eigenvalue weighted by molar-refractivity contribution is 5.41. The van der Waals surface area contributed by atoms with Crippen LogP contribution in [0.1, 0.15) is 22.8 Å². The van der Waals surface area contributed by atoms with Gasteiger partial charge in [-0.15, -0.1) is 0 Å². The topological polar surface area (TPSA) is 29.5 Å². The number of aliphatic hydroxyl groups excluding tert-OH is 1. The second-order valence-corrected chi connectivity index (χ2v) is 4.27. The molecule has 0 spiro atoms. The SMILES string of the molecule is COc1ccccc1C(O)c1cccc(C(F)(F)F)c1. The number of para-hydroxylation sites is 1. The minimum Gasteiger partial charge on any atom is -0.496 e. The number of benzene rings is 2. The summed E-state index contributed by atoms with van der Waals surface area (Å²) in [5.74, 6) is 0.428. The summed E-state index contributed by atoms with van der Waals surface area (Å²) in [6, 6.07) is 11.3. The largest absolute Gasteiger partial charge is 0.496 e. The van der Waals surface area contributed by atoms with Gasteiger partial charge in [0.2, 0.25) is 0 Å². The van der Waals surface area contributed by atoms with E-state index < -0.39 is 17.8 Å². The predicted molar refractivity (Wildman–Crippen MR) is 68.5 cm³/mol. The van der Waals surface area contributed by atoms with E-state index >= 15 is 0 Å². The van der Waals surface area contributed by atoms with Crippen molar-refractivity contribution in [1.29, 1.82) is 0 Å². The van der Waals surface area contributed by atoms with Crippen LogP contribution in [0.15, 0.2) is 48.5 Å². The first-order valence-corrected chi connectivity index (χ1v) is 5.91. The summed E-state index contributed by atoms with van der Waals surface area (Å²) in [6.45, 7) is 0. The fourth-order valence-corrected chi connectivity index (χ4v) is 1.96. The molecule has 0 amide bonds. The second-order valence-electron chi connectivity index (χ2n) is 4.27. The van der Waals surface area contributed by atoms with Crippen LogP contribution in [0.4, 0.5) is 13.2 Å². The summed E-state index contributed by atoms with van der Waals surface area (Å²) in [7, 11) is 1.44. The van der Waals surface area contributed by atoms with E-state index in [1.165, 1.54) is 19.2 Å². The van der Waals surface area contributed by atoms with Crippen LogP contribution in [0.5, 0.6) is 5.75 Å². The van der Waals surface area contributed by atoms with Crippen molar-refractivity contribution in [3.8, 4) is 5.75 Å². The molecule has 0 radical (unpaired) electrons. The van der Waals surface area contributed by atoms with Gasteiger partial charge < -0.3 is 9.84 Å². The molecule has 2 aromatic rings. The maximum Gasteiger partial charge on any atom is 0.416 e.